The quantitative estimate of drug-likeness (QED) is 0.702. The highest BCUT2D eigenvalue weighted by molar-refractivity contribution is 5.56. The summed E-state index contributed by atoms with van der Waals surface area (Å²) in [6.45, 7) is 9.14. The summed E-state index contributed by atoms with van der Waals surface area (Å²) >= 11 is 0. The van der Waals surface area contributed by atoms with Gasteiger partial charge in [0.05, 0.1) is 0 Å². The van der Waals surface area contributed by atoms with Gasteiger partial charge in [0.2, 0.25) is 0 Å². The topological polar surface area (TPSA) is 20.3 Å². The number of aldehydes is 1. The van der Waals surface area contributed by atoms with E-state index in [0.29, 0.717) is 18.4 Å². The number of carbonyl (C=O) groups excluding carboxylic acids is 1. The number of hydrogen-bond donors (Lipinski definition) is 0. The van der Waals surface area contributed by atoms with Gasteiger partial charge in [0.15, 0.2) is 0 Å². The van der Waals surface area contributed by atoms with Gasteiger partial charge in [-0.05, 0) is 64.5 Å². The van der Waals surface area contributed by atoms with Gasteiger partial charge < -0.3 is 9.69 Å². The van der Waals surface area contributed by atoms with Crippen molar-refractivity contribution in [3.05, 3.63) is 29.8 Å². The smallest absolute Gasteiger partial charge is 0.120 e. The second-order valence-corrected chi connectivity index (χ2v) is 7.68. The van der Waals surface area contributed by atoms with E-state index in [-0.39, 0.29) is 5.54 Å². The van der Waals surface area contributed by atoms with Gasteiger partial charge in [0.1, 0.15) is 6.29 Å². The Morgan fingerprint density at radius 2 is 1.86 bits per heavy atom. The molecule has 2 nitrogen and oxygen atoms in total. The third-order valence-corrected chi connectivity index (χ3v) is 4.95. The molecule has 0 heterocycles. The van der Waals surface area contributed by atoms with Crippen LogP contribution < -0.4 is 4.90 Å². The lowest BCUT2D eigenvalue weighted by Gasteiger charge is -2.49. The first-order chi connectivity index (χ1) is 10.4. The van der Waals surface area contributed by atoms with Crippen LogP contribution in [0.4, 0.5) is 5.69 Å². The van der Waals surface area contributed by atoms with E-state index in [1.54, 1.807) is 0 Å². The van der Waals surface area contributed by atoms with E-state index in [2.05, 4.69) is 56.9 Å². The normalized spacial score (nSPS) is 22.4. The molecule has 0 saturated heterocycles. The van der Waals surface area contributed by atoms with E-state index in [4.69, 9.17) is 0 Å². The Balaban J connectivity index is 2.35. The van der Waals surface area contributed by atoms with E-state index < -0.39 is 0 Å². The molecule has 2 unspecified atom stereocenters. The average Bonchev–Trinajstić information content (AvgIpc) is 2.47. The van der Waals surface area contributed by atoms with E-state index >= 15 is 0 Å². The molecule has 0 amide bonds. The van der Waals surface area contributed by atoms with Gasteiger partial charge >= 0.3 is 0 Å². The fourth-order valence-electron chi connectivity index (χ4n) is 4.02. The molecule has 2 atom stereocenters. The average molecular weight is 301 g/mol. The van der Waals surface area contributed by atoms with Crippen LogP contribution in [0.3, 0.4) is 0 Å². The molecule has 1 aromatic rings. The van der Waals surface area contributed by atoms with Crippen molar-refractivity contribution in [1.82, 2.24) is 0 Å². The van der Waals surface area contributed by atoms with Gasteiger partial charge in [0.25, 0.3) is 0 Å². The largest absolute Gasteiger partial charge is 0.363 e. The molecule has 122 valence electrons. The number of carbonyl (C=O) groups is 1. The third kappa shape index (κ3) is 3.91. The number of anilines is 1. The van der Waals surface area contributed by atoms with E-state index in [1.165, 1.54) is 36.9 Å². The summed E-state index contributed by atoms with van der Waals surface area (Å²) < 4.78 is 0. The number of aryl methyl sites for hydroxylation is 1. The van der Waals surface area contributed by atoms with Crippen LogP contribution in [0.25, 0.3) is 0 Å². The maximum absolute atomic E-state index is 10.8. The molecule has 0 aromatic heterocycles. The van der Waals surface area contributed by atoms with E-state index in [9.17, 15) is 4.79 Å². The van der Waals surface area contributed by atoms with Crippen molar-refractivity contribution in [1.29, 1.82) is 0 Å². The van der Waals surface area contributed by atoms with Crippen LogP contribution in [0.5, 0.6) is 0 Å². The van der Waals surface area contributed by atoms with E-state index in [1.807, 2.05) is 0 Å². The first-order valence-corrected chi connectivity index (χ1v) is 8.73. The zero-order chi connectivity index (χ0) is 16.2. The molecule has 1 fully saturated rings. The molecule has 1 aliphatic rings. The molecule has 2 heteroatoms. The van der Waals surface area contributed by atoms with Crippen LogP contribution >= 0.6 is 0 Å². The zero-order valence-corrected chi connectivity index (χ0v) is 14.6. The molecule has 2 rings (SSSR count). The van der Waals surface area contributed by atoms with Crippen molar-refractivity contribution in [2.45, 2.75) is 77.8 Å². The lowest BCUT2D eigenvalue weighted by molar-refractivity contribution is -0.108. The van der Waals surface area contributed by atoms with Gasteiger partial charge in [-0.2, -0.15) is 0 Å². The van der Waals surface area contributed by atoms with Crippen molar-refractivity contribution in [3.8, 4) is 0 Å². The van der Waals surface area contributed by atoms with Gasteiger partial charge in [-0.3, -0.25) is 0 Å². The Morgan fingerprint density at radius 3 is 2.50 bits per heavy atom. The van der Waals surface area contributed by atoms with Gasteiger partial charge in [-0.25, -0.2) is 0 Å². The minimum atomic E-state index is 0.0908. The summed E-state index contributed by atoms with van der Waals surface area (Å²) in [5, 5.41) is 0. The number of benzene rings is 1. The fraction of sp³-hybridized carbons (Fsp3) is 0.650. The van der Waals surface area contributed by atoms with Crippen molar-refractivity contribution < 1.29 is 4.79 Å². The Bertz CT molecular complexity index is 489. The molecular weight excluding hydrogens is 270 g/mol. The van der Waals surface area contributed by atoms with Crippen molar-refractivity contribution in [2.75, 3.05) is 4.90 Å². The van der Waals surface area contributed by atoms with Crippen LogP contribution in [0.1, 0.15) is 64.9 Å². The predicted octanol–water partition coefficient (Wildman–Crippen LogP) is 5.14. The molecule has 1 aromatic carbocycles. The number of rotatable bonds is 5. The van der Waals surface area contributed by atoms with Crippen LogP contribution in [0.15, 0.2) is 24.3 Å². The Hall–Kier alpha value is -1.31. The number of hydrogen-bond acceptors (Lipinski definition) is 2. The van der Waals surface area contributed by atoms with Crippen molar-refractivity contribution in [2.24, 2.45) is 5.92 Å². The molecule has 0 radical (unpaired) electrons. The van der Waals surface area contributed by atoms with Crippen molar-refractivity contribution >= 4 is 12.0 Å². The number of para-hydroxylation sites is 1. The SMILES string of the molecule is Cc1ccccc1N(C1CCCCC1CCC=O)C(C)(C)C. The van der Waals surface area contributed by atoms with Crippen LogP contribution in [-0.4, -0.2) is 17.9 Å². The molecule has 1 saturated carbocycles. The van der Waals surface area contributed by atoms with Crippen LogP contribution in [0.2, 0.25) is 0 Å². The summed E-state index contributed by atoms with van der Waals surface area (Å²) in [7, 11) is 0. The second kappa shape index (κ2) is 7.30. The molecule has 0 N–H and O–H groups in total. The lowest BCUT2D eigenvalue weighted by atomic mass is 9.79. The number of nitrogens with zero attached hydrogens (tertiary/aromatic N) is 1. The monoisotopic (exact) mass is 301 g/mol. The zero-order valence-electron chi connectivity index (χ0n) is 14.6. The summed E-state index contributed by atoms with van der Waals surface area (Å²) in [6, 6.07) is 9.27. The van der Waals surface area contributed by atoms with Crippen LogP contribution in [0, 0.1) is 12.8 Å². The van der Waals surface area contributed by atoms with E-state index in [0.717, 1.165) is 12.7 Å². The summed E-state index contributed by atoms with van der Waals surface area (Å²) in [4.78, 5) is 13.5. The maximum Gasteiger partial charge on any atom is 0.120 e. The molecule has 1 aliphatic carbocycles. The molecule has 22 heavy (non-hydrogen) atoms. The third-order valence-electron chi connectivity index (χ3n) is 4.95. The maximum atomic E-state index is 10.8. The Kier molecular flexibility index (Phi) is 5.66. The first-order valence-electron chi connectivity index (χ1n) is 8.73. The standard InChI is InChI=1S/C20H31NO/c1-16-10-5-7-13-18(16)21(20(2,3)4)19-14-8-6-11-17(19)12-9-15-22/h5,7,10,13,15,17,19H,6,8-9,11-12,14H2,1-4H3. The molecular formula is C20H31NO. The molecule has 0 bridgehead atoms. The Morgan fingerprint density at radius 1 is 1.18 bits per heavy atom. The Labute approximate surface area is 135 Å². The van der Waals surface area contributed by atoms with Gasteiger partial charge in [-0.15, -0.1) is 0 Å². The summed E-state index contributed by atoms with van der Waals surface area (Å²) in [5.41, 5.74) is 2.79. The lowest BCUT2D eigenvalue weighted by Crippen LogP contribution is -2.52. The summed E-state index contributed by atoms with van der Waals surface area (Å²) in [6.07, 6.45) is 7.94. The highest BCUT2D eigenvalue weighted by atomic mass is 16.1. The second-order valence-electron chi connectivity index (χ2n) is 7.68. The van der Waals surface area contributed by atoms with Crippen LogP contribution in [-0.2, 0) is 4.79 Å². The highest BCUT2D eigenvalue weighted by Gasteiger charge is 2.36. The fourth-order valence-corrected chi connectivity index (χ4v) is 4.02. The van der Waals surface area contributed by atoms with Gasteiger partial charge in [-0.1, -0.05) is 31.0 Å². The summed E-state index contributed by atoms with van der Waals surface area (Å²) in [5.74, 6) is 0.637. The first kappa shape index (κ1) is 17.1. The molecule has 0 spiro atoms. The van der Waals surface area contributed by atoms with Gasteiger partial charge in [0, 0.05) is 23.7 Å². The minimum Gasteiger partial charge on any atom is -0.363 e. The minimum absolute atomic E-state index is 0.0908. The van der Waals surface area contributed by atoms with Crippen molar-refractivity contribution in [3.63, 3.8) is 0 Å². The molecule has 0 aliphatic heterocycles. The predicted molar refractivity (Wildman–Crippen MR) is 94.5 cm³/mol. The highest BCUT2D eigenvalue weighted by Crippen LogP contribution is 2.39.